The van der Waals surface area contributed by atoms with Gasteiger partial charge in [0.05, 0.1) is 13.2 Å². The zero-order chi connectivity index (χ0) is 15.3. The Balaban J connectivity index is 3.10. The number of H-pyrrole nitrogens is 1. The van der Waals surface area contributed by atoms with Crippen LogP contribution in [0.4, 0.5) is 0 Å². The van der Waals surface area contributed by atoms with Crippen LogP contribution in [-0.2, 0) is 4.74 Å². The average molecular weight is 285 g/mol. The lowest BCUT2D eigenvalue weighted by molar-refractivity contribution is -0.127. The zero-order valence-electron chi connectivity index (χ0n) is 10.7. The fraction of sp³-hybridized carbons (Fsp3) is 0.545. The molecule has 0 aliphatic rings. The number of aliphatic hydroxyl groups is 3. The van der Waals surface area contributed by atoms with Gasteiger partial charge in [-0.3, -0.25) is 14.3 Å². The Morgan fingerprint density at radius 3 is 2.60 bits per heavy atom. The zero-order valence-corrected chi connectivity index (χ0v) is 10.7. The van der Waals surface area contributed by atoms with Crippen molar-refractivity contribution in [3.63, 3.8) is 0 Å². The molecule has 4 N–H and O–H groups in total. The Kier molecular flexibility index (Phi) is 5.60. The Labute approximate surface area is 113 Å². The van der Waals surface area contributed by atoms with Crippen molar-refractivity contribution in [1.29, 1.82) is 5.26 Å². The van der Waals surface area contributed by atoms with Crippen LogP contribution in [0.15, 0.2) is 15.7 Å². The molecule has 1 aromatic heterocycles. The molecule has 0 spiro atoms. The highest BCUT2D eigenvalue weighted by Gasteiger charge is 2.23. The van der Waals surface area contributed by atoms with Crippen molar-refractivity contribution < 1.29 is 20.1 Å². The van der Waals surface area contributed by atoms with Gasteiger partial charge in [-0.15, -0.1) is 0 Å². The van der Waals surface area contributed by atoms with Gasteiger partial charge in [-0.05, 0) is 6.92 Å². The van der Waals surface area contributed by atoms with Crippen molar-refractivity contribution in [2.24, 2.45) is 0 Å². The number of aromatic amines is 1. The Bertz CT molecular complexity index is 601. The predicted octanol–water partition coefficient (Wildman–Crippen LogP) is -2.34. The first-order chi connectivity index (χ1) is 9.44. The molecule has 1 rings (SSSR count). The minimum Gasteiger partial charge on any atom is -0.394 e. The van der Waals surface area contributed by atoms with Gasteiger partial charge >= 0.3 is 5.69 Å². The molecule has 0 saturated heterocycles. The summed E-state index contributed by atoms with van der Waals surface area (Å²) in [6.45, 7) is 0.170. The number of ether oxygens (including phenoxy) is 1. The SMILES string of the molecule is CC(O[C@H](CO)C(O)CO)n1c(C#N)cc(=O)[nH]c1=O. The third-order valence-electron chi connectivity index (χ3n) is 2.62. The van der Waals surface area contributed by atoms with Gasteiger partial charge in [0.15, 0.2) is 0 Å². The van der Waals surface area contributed by atoms with Crippen LogP contribution in [0.2, 0.25) is 0 Å². The number of nitrogens with zero attached hydrogens (tertiary/aromatic N) is 2. The summed E-state index contributed by atoms with van der Waals surface area (Å²) < 4.78 is 6.10. The molecule has 9 heteroatoms. The molecule has 0 bridgehead atoms. The van der Waals surface area contributed by atoms with Crippen LogP contribution >= 0.6 is 0 Å². The first kappa shape index (κ1) is 16.1. The summed E-state index contributed by atoms with van der Waals surface area (Å²) >= 11 is 0. The summed E-state index contributed by atoms with van der Waals surface area (Å²) in [4.78, 5) is 24.8. The molecule has 1 heterocycles. The maximum atomic E-state index is 11.7. The van der Waals surface area contributed by atoms with Crippen LogP contribution in [0.25, 0.3) is 0 Å². The summed E-state index contributed by atoms with van der Waals surface area (Å²) in [6.07, 6.45) is -3.51. The van der Waals surface area contributed by atoms with E-state index in [9.17, 15) is 14.7 Å². The van der Waals surface area contributed by atoms with Crippen molar-refractivity contribution in [3.05, 3.63) is 32.6 Å². The van der Waals surface area contributed by atoms with Gasteiger partial charge in [-0.1, -0.05) is 0 Å². The van der Waals surface area contributed by atoms with Crippen LogP contribution in [0.3, 0.4) is 0 Å². The minimum atomic E-state index is -1.34. The molecule has 0 aliphatic carbocycles. The van der Waals surface area contributed by atoms with Gasteiger partial charge in [0, 0.05) is 6.07 Å². The Morgan fingerprint density at radius 2 is 2.10 bits per heavy atom. The van der Waals surface area contributed by atoms with Gasteiger partial charge < -0.3 is 20.1 Å². The third-order valence-corrected chi connectivity index (χ3v) is 2.62. The second-order valence-electron chi connectivity index (χ2n) is 4.01. The monoisotopic (exact) mass is 285 g/mol. The van der Waals surface area contributed by atoms with Crippen LogP contribution in [-0.4, -0.2) is 50.3 Å². The summed E-state index contributed by atoms with van der Waals surface area (Å²) in [5.41, 5.74) is -1.79. The molecule has 3 atom stereocenters. The highest BCUT2D eigenvalue weighted by atomic mass is 16.5. The van der Waals surface area contributed by atoms with Gasteiger partial charge in [-0.2, -0.15) is 5.26 Å². The van der Waals surface area contributed by atoms with E-state index in [1.54, 1.807) is 6.07 Å². The molecule has 0 radical (unpaired) electrons. The number of aromatic nitrogens is 2. The molecule has 0 amide bonds. The molecule has 110 valence electrons. The smallest absolute Gasteiger partial charge is 0.331 e. The summed E-state index contributed by atoms with van der Waals surface area (Å²) in [5, 5.41) is 36.2. The van der Waals surface area contributed by atoms with Crippen LogP contribution < -0.4 is 11.2 Å². The molecule has 9 nitrogen and oxygen atoms in total. The van der Waals surface area contributed by atoms with E-state index < -0.39 is 42.9 Å². The van der Waals surface area contributed by atoms with Gasteiger partial charge in [0.1, 0.15) is 30.2 Å². The topological polar surface area (TPSA) is 149 Å². The second kappa shape index (κ2) is 6.97. The van der Waals surface area contributed by atoms with E-state index in [0.29, 0.717) is 0 Å². The molecular formula is C11H15N3O6. The lowest BCUT2D eigenvalue weighted by Gasteiger charge is -2.25. The molecule has 0 saturated carbocycles. The number of nitrogens with one attached hydrogen (secondary N) is 1. The third kappa shape index (κ3) is 3.52. The predicted molar refractivity (Wildman–Crippen MR) is 65.8 cm³/mol. The normalized spacial score (nSPS) is 15.3. The van der Waals surface area contributed by atoms with Gasteiger partial charge in [0.25, 0.3) is 5.56 Å². The quantitative estimate of drug-likeness (QED) is 0.457. The lowest BCUT2D eigenvalue weighted by atomic mass is 10.2. The summed E-state index contributed by atoms with van der Waals surface area (Å²) in [5.74, 6) is 0. The van der Waals surface area contributed by atoms with Crippen molar-refractivity contribution >= 4 is 0 Å². The molecule has 0 aliphatic heterocycles. The maximum absolute atomic E-state index is 11.7. The Hall–Kier alpha value is -1.99. The molecule has 1 aromatic rings. The molecule has 0 fully saturated rings. The van der Waals surface area contributed by atoms with Crippen molar-refractivity contribution in [2.45, 2.75) is 25.4 Å². The first-order valence-electron chi connectivity index (χ1n) is 5.75. The summed E-state index contributed by atoms with van der Waals surface area (Å²) in [6, 6.07) is 2.61. The fourth-order valence-electron chi connectivity index (χ4n) is 1.64. The molecule has 20 heavy (non-hydrogen) atoms. The number of aliphatic hydroxyl groups excluding tert-OH is 3. The van der Waals surface area contributed by atoms with E-state index in [1.165, 1.54) is 6.92 Å². The van der Waals surface area contributed by atoms with Gasteiger partial charge in [-0.25, -0.2) is 4.79 Å². The van der Waals surface area contributed by atoms with E-state index >= 15 is 0 Å². The van der Waals surface area contributed by atoms with Crippen molar-refractivity contribution in [1.82, 2.24) is 9.55 Å². The standard InChI is InChI=1S/C11H15N3O6/c1-6(20-9(5-16)8(17)4-15)14-7(3-12)2-10(18)13-11(14)19/h2,6,8-9,15-17H,4-5H2,1H3,(H,13,18,19)/t6?,8?,9-/m1/s1. The Morgan fingerprint density at radius 1 is 1.45 bits per heavy atom. The molecular weight excluding hydrogens is 270 g/mol. The largest absolute Gasteiger partial charge is 0.394 e. The van der Waals surface area contributed by atoms with E-state index in [-0.39, 0.29) is 5.69 Å². The van der Waals surface area contributed by atoms with Crippen LogP contribution in [0.1, 0.15) is 18.8 Å². The number of hydrogen-bond acceptors (Lipinski definition) is 7. The van der Waals surface area contributed by atoms with Crippen molar-refractivity contribution in [3.8, 4) is 6.07 Å². The average Bonchev–Trinajstić information content (AvgIpc) is 2.42. The lowest BCUT2D eigenvalue weighted by Crippen LogP contribution is -2.40. The van der Waals surface area contributed by atoms with E-state index in [2.05, 4.69) is 0 Å². The molecule has 0 aromatic carbocycles. The van der Waals surface area contributed by atoms with Gasteiger partial charge in [0.2, 0.25) is 0 Å². The highest BCUT2D eigenvalue weighted by molar-refractivity contribution is 5.19. The first-order valence-corrected chi connectivity index (χ1v) is 5.75. The van der Waals surface area contributed by atoms with E-state index in [1.807, 2.05) is 4.98 Å². The molecule has 2 unspecified atom stereocenters. The highest BCUT2D eigenvalue weighted by Crippen LogP contribution is 2.12. The number of rotatable bonds is 6. The summed E-state index contributed by atoms with van der Waals surface area (Å²) in [7, 11) is 0. The van der Waals surface area contributed by atoms with Crippen molar-refractivity contribution in [2.75, 3.05) is 13.2 Å². The van der Waals surface area contributed by atoms with E-state index in [0.717, 1.165) is 10.6 Å². The fourth-order valence-corrected chi connectivity index (χ4v) is 1.64. The maximum Gasteiger partial charge on any atom is 0.331 e. The van der Waals surface area contributed by atoms with Crippen LogP contribution in [0, 0.1) is 11.3 Å². The number of nitriles is 1. The minimum absolute atomic E-state index is 0.221. The number of hydrogen-bond donors (Lipinski definition) is 4. The van der Waals surface area contributed by atoms with E-state index in [4.69, 9.17) is 20.2 Å². The second-order valence-corrected chi connectivity index (χ2v) is 4.01. The van der Waals surface area contributed by atoms with Crippen LogP contribution in [0.5, 0.6) is 0 Å².